The standard InChI is InChI=1S/C15H20N2O/c18-14-15(9-5-2-6-10-15)16-11-13(17-14)12-7-3-1-4-8-12/h1,3-4,7-8,13,16H,2,5-6,9-11H2,(H,17,18). The summed E-state index contributed by atoms with van der Waals surface area (Å²) in [4.78, 5) is 12.4. The van der Waals surface area contributed by atoms with Crippen LogP contribution in [-0.4, -0.2) is 18.0 Å². The SMILES string of the molecule is O=C1NC(c2ccccc2)CNC12CCCCC2. The van der Waals surface area contributed by atoms with Gasteiger partial charge in [-0.25, -0.2) is 0 Å². The van der Waals surface area contributed by atoms with Crippen LogP contribution in [0.4, 0.5) is 0 Å². The van der Waals surface area contributed by atoms with Crippen molar-refractivity contribution in [1.29, 1.82) is 0 Å². The lowest BCUT2D eigenvalue weighted by Crippen LogP contribution is -2.64. The van der Waals surface area contributed by atoms with Crippen LogP contribution in [0.1, 0.15) is 43.7 Å². The number of hydrogen-bond donors (Lipinski definition) is 2. The first-order chi connectivity index (χ1) is 8.80. The van der Waals surface area contributed by atoms with Gasteiger partial charge in [0.15, 0.2) is 0 Å². The molecular weight excluding hydrogens is 224 g/mol. The molecule has 3 nitrogen and oxygen atoms in total. The number of nitrogens with one attached hydrogen (secondary N) is 2. The van der Waals surface area contributed by atoms with Crippen LogP contribution in [-0.2, 0) is 4.79 Å². The van der Waals surface area contributed by atoms with Crippen LogP contribution in [0, 0.1) is 0 Å². The quantitative estimate of drug-likeness (QED) is 0.794. The molecule has 3 heteroatoms. The van der Waals surface area contributed by atoms with E-state index < -0.39 is 0 Å². The lowest BCUT2D eigenvalue weighted by atomic mass is 9.79. The first-order valence-electron chi connectivity index (χ1n) is 6.91. The number of amides is 1. The van der Waals surface area contributed by atoms with Crippen LogP contribution in [0.15, 0.2) is 30.3 Å². The van der Waals surface area contributed by atoms with Crippen LogP contribution < -0.4 is 10.6 Å². The Labute approximate surface area is 108 Å². The van der Waals surface area contributed by atoms with Gasteiger partial charge in [-0.15, -0.1) is 0 Å². The largest absolute Gasteiger partial charge is 0.346 e. The molecule has 1 aliphatic heterocycles. The summed E-state index contributed by atoms with van der Waals surface area (Å²) >= 11 is 0. The zero-order chi connectivity index (χ0) is 12.4. The molecule has 18 heavy (non-hydrogen) atoms. The molecule has 1 saturated carbocycles. The Morgan fingerprint density at radius 1 is 1.06 bits per heavy atom. The van der Waals surface area contributed by atoms with E-state index in [0.717, 1.165) is 32.2 Å². The third-order valence-electron chi connectivity index (χ3n) is 4.29. The van der Waals surface area contributed by atoms with Crippen molar-refractivity contribution >= 4 is 5.91 Å². The highest BCUT2D eigenvalue weighted by molar-refractivity contribution is 5.87. The van der Waals surface area contributed by atoms with Gasteiger partial charge in [-0.05, 0) is 18.4 Å². The van der Waals surface area contributed by atoms with Gasteiger partial charge < -0.3 is 10.6 Å². The molecule has 2 N–H and O–H groups in total. The van der Waals surface area contributed by atoms with Crippen LogP contribution in [0.3, 0.4) is 0 Å². The molecule has 1 amide bonds. The van der Waals surface area contributed by atoms with Gasteiger partial charge in [-0.2, -0.15) is 0 Å². The Morgan fingerprint density at radius 2 is 1.78 bits per heavy atom. The van der Waals surface area contributed by atoms with E-state index in [-0.39, 0.29) is 17.5 Å². The summed E-state index contributed by atoms with van der Waals surface area (Å²) in [6, 6.07) is 10.3. The molecule has 1 aromatic carbocycles. The number of carbonyl (C=O) groups excluding carboxylic acids is 1. The van der Waals surface area contributed by atoms with Crippen molar-refractivity contribution in [1.82, 2.24) is 10.6 Å². The highest BCUT2D eigenvalue weighted by Gasteiger charge is 2.43. The minimum absolute atomic E-state index is 0.117. The zero-order valence-electron chi connectivity index (χ0n) is 10.6. The summed E-state index contributed by atoms with van der Waals surface area (Å²) < 4.78 is 0. The zero-order valence-corrected chi connectivity index (χ0v) is 10.6. The first-order valence-corrected chi connectivity index (χ1v) is 6.91. The summed E-state index contributed by atoms with van der Waals surface area (Å²) in [5.41, 5.74) is 0.910. The first kappa shape index (κ1) is 11.7. The fourth-order valence-electron chi connectivity index (χ4n) is 3.17. The van der Waals surface area contributed by atoms with Crippen molar-refractivity contribution in [3.05, 3.63) is 35.9 Å². The second-order valence-corrected chi connectivity index (χ2v) is 5.46. The van der Waals surface area contributed by atoms with Crippen molar-refractivity contribution in [2.24, 2.45) is 0 Å². The van der Waals surface area contributed by atoms with Crippen molar-refractivity contribution in [2.75, 3.05) is 6.54 Å². The molecule has 2 aliphatic rings. The molecule has 1 aromatic rings. The number of piperazine rings is 1. The van der Waals surface area contributed by atoms with Gasteiger partial charge >= 0.3 is 0 Å². The van der Waals surface area contributed by atoms with Crippen molar-refractivity contribution in [3.63, 3.8) is 0 Å². The van der Waals surface area contributed by atoms with E-state index in [0.29, 0.717) is 0 Å². The van der Waals surface area contributed by atoms with E-state index in [1.807, 2.05) is 18.2 Å². The highest BCUT2D eigenvalue weighted by atomic mass is 16.2. The van der Waals surface area contributed by atoms with E-state index in [4.69, 9.17) is 0 Å². The van der Waals surface area contributed by atoms with Crippen molar-refractivity contribution in [2.45, 2.75) is 43.7 Å². The van der Waals surface area contributed by atoms with Gasteiger partial charge in [0.2, 0.25) is 5.91 Å². The van der Waals surface area contributed by atoms with E-state index in [1.54, 1.807) is 0 Å². The molecule has 0 bridgehead atoms. The Balaban J connectivity index is 1.74. The van der Waals surface area contributed by atoms with Crippen molar-refractivity contribution in [3.8, 4) is 0 Å². The molecule has 0 radical (unpaired) electrons. The van der Waals surface area contributed by atoms with Gasteiger partial charge in [0.1, 0.15) is 0 Å². The third kappa shape index (κ3) is 2.03. The fourth-order valence-corrected chi connectivity index (χ4v) is 3.17. The number of hydrogen-bond acceptors (Lipinski definition) is 2. The molecule has 1 saturated heterocycles. The summed E-state index contributed by atoms with van der Waals surface area (Å²) in [6.45, 7) is 0.843. The lowest BCUT2D eigenvalue weighted by molar-refractivity contribution is -0.132. The van der Waals surface area contributed by atoms with Gasteiger partial charge in [-0.3, -0.25) is 4.79 Å². The van der Waals surface area contributed by atoms with E-state index in [9.17, 15) is 4.79 Å². The summed E-state index contributed by atoms with van der Waals surface area (Å²) in [7, 11) is 0. The molecule has 1 heterocycles. The molecular formula is C15H20N2O. The van der Waals surface area contributed by atoms with Crippen LogP contribution in [0.2, 0.25) is 0 Å². The smallest absolute Gasteiger partial charge is 0.240 e. The normalized spacial score (nSPS) is 26.9. The maximum atomic E-state index is 12.4. The second kappa shape index (κ2) is 4.73. The topological polar surface area (TPSA) is 41.1 Å². The number of benzene rings is 1. The average Bonchev–Trinajstić information content (AvgIpc) is 2.44. The maximum Gasteiger partial charge on any atom is 0.240 e. The molecule has 1 atom stereocenters. The summed E-state index contributed by atoms with van der Waals surface area (Å²) in [5, 5.41) is 6.71. The predicted octanol–water partition coefficient (Wildman–Crippen LogP) is 2.15. The minimum atomic E-state index is -0.274. The van der Waals surface area contributed by atoms with Crippen LogP contribution in [0.25, 0.3) is 0 Å². The van der Waals surface area contributed by atoms with E-state index >= 15 is 0 Å². The maximum absolute atomic E-state index is 12.4. The fraction of sp³-hybridized carbons (Fsp3) is 0.533. The molecule has 1 spiro atoms. The molecule has 3 rings (SSSR count). The Kier molecular flexibility index (Phi) is 3.08. The summed E-state index contributed by atoms with van der Waals surface area (Å²) in [6.07, 6.45) is 5.56. The van der Waals surface area contributed by atoms with Crippen molar-refractivity contribution < 1.29 is 4.79 Å². The number of rotatable bonds is 1. The van der Waals surface area contributed by atoms with Gasteiger partial charge in [-0.1, -0.05) is 49.6 Å². The van der Waals surface area contributed by atoms with E-state index in [1.165, 1.54) is 12.0 Å². The third-order valence-corrected chi connectivity index (χ3v) is 4.29. The van der Waals surface area contributed by atoms with E-state index in [2.05, 4.69) is 22.8 Å². The molecule has 0 aromatic heterocycles. The summed E-state index contributed by atoms with van der Waals surface area (Å²) in [5.74, 6) is 0.197. The van der Waals surface area contributed by atoms with Crippen LogP contribution >= 0.6 is 0 Å². The second-order valence-electron chi connectivity index (χ2n) is 5.46. The molecule has 1 aliphatic carbocycles. The Morgan fingerprint density at radius 3 is 2.44 bits per heavy atom. The monoisotopic (exact) mass is 244 g/mol. The predicted molar refractivity (Wildman–Crippen MR) is 71.1 cm³/mol. The van der Waals surface area contributed by atoms with Gasteiger partial charge in [0, 0.05) is 6.54 Å². The van der Waals surface area contributed by atoms with Gasteiger partial charge in [0.05, 0.1) is 11.6 Å². The average molecular weight is 244 g/mol. The minimum Gasteiger partial charge on any atom is -0.346 e. The lowest BCUT2D eigenvalue weighted by Gasteiger charge is -2.43. The highest BCUT2D eigenvalue weighted by Crippen LogP contribution is 2.31. The molecule has 96 valence electrons. The number of carbonyl (C=O) groups is 1. The molecule has 1 unspecified atom stereocenters. The Bertz CT molecular complexity index is 423. The van der Waals surface area contributed by atoms with Crippen LogP contribution in [0.5, 0.6) is 0 Å². The van der Waals surface area contributed by atoms with Gasteiger partial charge in [0.25, 0.3) is 0 Å². The Hall–Kier alpha value is -1.35. The molecule has 2 fully saturated rings.